The quantitative estimate of drug-likeness (QED) is 0.483. The van der Waals surface area contributed by atoms with E-state index < -0.39 is 4.92 Å². The van der Waals surface area contributed by atoms with Crippen LogP contribution in [0.2, 0.25) is 0 Å². The molecule has 0 heterocycles. The fraction of sp³-hybridized carbons (Fsp3) is 0.0714. The van der Waals surface area contributed by atoms with Gasteiger partial charge in [-0.15, -0.1) is 0 Å². The Hall–Kier alpha value is -2.01. The van der Waals surface area contributed by atoms with E-state index in [0.717, 1.165) is 10.0 Å². The van der Waals surface area contributed by atoms with Crippen molar-refractivity contribution in [2.75, 3.05) is 0 Å². The van der Waals surface area contributed by atoms with Gasteiger partial charge in [-0.2, -0.15) is 0 Å². The lowest BCUT2D eigenvalue weighted by Gasteiger charge is -2.07. The third-order valence-electron chi connectivity index (χ3n) is 2.75. The summed E-state index contributed by atoms with van der Waals surface area (Å²) in [7, 11) is 0. The number of carbonyl (C=O) groups is 1. The number of Topliss-reactive ketones (excluding diaryl/α,β-unsaturated/α-hetero) is 1. The number of rotatable bonds is 3. The smallest absolute Gasteiger partial charge is 0.270 e. The van der Waals surface area contributed by atoms with Crippen LogP contribution < -0.4 is 0 Å². The summed E-state index contributed by atoms with van der Waals surface area (Å²) < 4.78 is 0.933. The SMILES string of the molecule is CC(=O)c1cc([N+](=O)[O-])ccc1-c1ccc(Br)cc1. The van der Waals surface area contributed by atoms with Crippen LogP contribution in [0.4, 0.5) is 5.69 Å². The molecule has 0 amide bonds. The molecule has 0 aliphatic rings. The van der Waals surface area contributed by atoms with Gasteiger partial charge in [-0.05, 0) is 36.2 Å². The average Bonchev–Trinajstić information content (AvgIpc) is 2.38. The van der Waals surface area contributed by atoms with Gasteiger partial charge in [0.2, 0.25) is 0 Å². The molecule has 0 radical (unpaired) electrons. The van der Waals surface area contributed by atoms with Crippen molar-refractivity contribution in [3.8, 4) is 11.1 Å². The Balaban J connectivity index is 2.59. The van der Waals surface area contributed by atoms with Crippen molar-refractivity contribution in [3.63, 3.8) is 0 Å². The van der Waals surface area contributed by atoms with Gasteiger partial charge in [0.1, 0.15) is 0 Å². The Bertz CT molecular complexity index is 650. The number of hydrogen-bond donors (Lipinski definition) is 0. The van der Waals surface area contributed by atoms with Crippen LogP contribution in [-0.4, -0.2) is 10.7 Å². The number of nitrogens with zero attached hydrogens (tertiary/aromatic N) is 1. The number of halogens is 1. The lowest BCUT2D eigenvalue weighted by molar-refractivity contribution is -0.384. The highest BCUT2D eigenvalue weighted by Crippen LogP contribution is 2.28. The molecule has 0 fully saturated rings. The molecule has 0 spiro atoms. The predicted octanol–water partition coefficient (Wildman–Crippen LogP) is 4.23. The Morgan fingerprint density at radius 3 is 2.32 bits per heavy atom. The molecule has 0 unspecified atom stereocenters. The predicted molar refractivity (Wildman–Crippen MR) is 76.2 cm³/mol. The van der Waals surface area contributed by atoms with Gasteiger partial charge in [-0.1, -0.05) is 28.1 Å². The molecular weight excluding hydrogens is 310 g/mol. The molecule has 0 atom stereocenters. The molecule has 4 nitrogen and oxygen atoms in total. The van der Waals surface area contributed by atoms with Crippen LogP contribution in [0.5, 0.6) is 0 Å². The Labute approximate surface area is 118 Å². The van der Waals surface area contributed by atoms with Gasteiger partial charge in [0.05, 0.1) is 4.92 Å². The van der Waals surface area contributed by atoms with Gasteiger partial charge < -0.3 is 0 Å². The van der Waals surface area contributed by atoms with E-state index in [1.54, 1.807) is 6.07 Å². The summed E-state index contributed by atoms with van der Waals surface area (Å²) in [6, 6.07) is 11.8. The Morgan fingerprint density at radius 1 is 1.16 bits per heavy atom. The number of benzene rings is 2. The van der Waals surface area contributed by atoms with Gasteiger partial charge in [-0.3, -0.25) is 14.9 Å². The minimum atomic E-state index is -0.502. The van der Waals surface area contributed by atoms with E-state index in [1.807, 2.05) is 24.3 Å². The molecule has 2 aromatic rings. The van der Waals surface area contributed by atoms with E-state index in [1.165, 1.54) is 19.1 Å². The largest absolute Gasteiger partial charge is 0.294 e. The van der Waals surface area contributed by atoms with Crippen molar-refractivity contribution in [3.05, 3.63) is 62.6 Å². The molecule has 0 aliphatic carbocycles. The van der Waals surface area contributed by atoms with Crippen LogP contribution in [0.25, 0.3) is 11.1 Å². The molecule has 0 N–H and O–H groups in total. The van der Waals surface area contributed by atoms with Gasteiger partial charge in [-0.25, -0.2) is 0 Å². The molecule has 0 aliphatic heterocycles. The molecule has 2 aromatic carbocycles. The van der Waals surface area contributed by atoms with E-state index in [0.29, 0.717) is 11.1 Å². The fourth-order valence-corrected chi connectivity index (χ4v) is 2.08. The summed E-state index contributed by atoms with van der Waals surface area (Å²) in [6.07, 6.45) is 0. The normalized spacial score (nSPS) is 10.2. The molecule has 96 valence electrons. The van der Waals surface area contributed by atoms with Crippen molar-refractivity contribution < 1.29 is 9.72 Å². The van der Waals surface area contributed by atoms with Gasteiger partial charge >= 0.3 is 0 Å². The third kappa shape index (κ3) is 2.88. The maximum Gasteiger partial charge on any atom is 0.270 e. The zero-order valence-electron chi connectivity index (χ0n) is 10.1. The molecule has 0 saturated heterocycles. The standard InChI is InChI=1S/C14H10BrNO3/c1-9(17)14-8-12(16(18)19)6-7-13(14)10-2-4-11(15)5-3-10/h2-8H,1H3. The Kier molecular flexibility index (Phi) is 3.76. The molecule has 2 rings (SSSR count). The number of carbonyl (C=O) groups excluding carboxylic acids is 1. The zero-order valence-corrected chi connectivity index (χ0v) is 11.7. The number of nitro benzene ring substituents is 1. The lowest BCUT2D eigenvalue weighted by atomic mass is 9.97. The number of ketones is 1. The van der Waals surface area contributed by atoms with Crippen LogP contribution in [0.1, 0.15) is 17.3 Å². The van der Waals surface area contributed by atoms with Gasteiger partial charge in [0, 0.05) is 22.2 Å². The minimum absolute atomic E-state index is 0.0777. The van der Waals surface area contributed by atoms with E-state index >= 15 is 0 Å². The number of non-ortho nitro benzene ring substituents is 1. The van der Waals surface area contributed by atoms with Crippen molar-refractivity contribution in [1.82, 2.24) is 0 Å². The summed E-state index contributed by atoms with van der Waals surface area (Å²) >= 11 is 3.34. The summed E-state index contributed by atoms with van der Waals surface area (Å²) in [5.74, 6) is -0.193. The van der Waals surface area contributed by atoms with Crippen LogP contribution in [0.15, 0.2) is 46.9 Å². The summed E-state index contributed by atoms with van der Waals surface area (Å²) in [6.45, 7) is 1.40. The monoisotopic (exact) mass is 319 g/mol. The maximum atomic E-state index is 11.6. The fourth-order valence-electron chi connectivity index (χ4n) is 1.82. The lowest BCUT2D eigenvalue weighted by Crippen LogP contribution is -1.98. The molecule has 19 heavy (non-hydrogen) atoms. The maximum absolute atomic E-state index is 11.6. The average molecular weight is 320 g/mol. The van der Waals surface area contributed by atoms with Crippen molar-refractivity contribution >= 4 is 27.4 Å². The summed E-state index contributed by atoms with van der Waals surface area (Å²) in [5.41, 5.74) is 1.83. The van der Waals surface area contributed by atoms with Crippen LogP contribution in [0, 0.1) is 10.1 Å². The van der Waals surface area contributed by atoms with Crippen LogP contribution >= 0.6 is 15.9 Å². The highest BCUT2D eigenvalue weighted by Gasteiger charge is 2.14. The zero-order chi connectivity index (χ0) is 14.0. The van der Waals surface area contributed by atoms with Crippen molar-refractivity contribution in [2.24, 2.45) is 0 Å². The molecule has 0 saturated carbocycles. The van der Waals surface area contributed by atoms with Gasteiger partial charge in [0.25, 0.3) is 5.69 Å². The summed E-state index contributed by atoms with van der Waals surface area (Å²) in [5, 5.41) is 10.8. The topological polar surface area (TPSA) is 60.2 Å². The first-order chi connectivity index (χ1) is 8.99. The second-order valence-corrected chi connectivity index (χ2v) is 4.97. The number of hydrogen-bond acceptors (Lipinski definition) is 3. The first-order valence-corrected chi connectivity index (χ1v) is 6.33. The van der Waals surface area contributed by atoms with Crippen molar-refractivity contribution in [2.45, 2.75) is 6.92 Å². The molecule has 0 aromatic heterocycles. The molecular formula is C14H10BrNO3. The highest BCUT2D eigenvalue weighted by atomic mass is 79.9. The highest BCUT2D eigenvalue weighted by molar-refractivity contribution is 9.10. The number of nitro groups is 1. The minimum Gasteiger partial charge on any atom is -0.294 e. The first kappa shape index (κ1) is 13.4. The summed E-state index contributed by atoms with van der Waals surface area (Å²) in [4.78, 5) is 21.9. The van der Waals surface area contributed by atoms with Crippen molar-refractivity contribution in [1.29, 1.82) is 0 Å². The van der Waals surface area contributed by atoms with Gasteiger partial charge in [0.15, 0.2) is 5.78 Å². The second kappa shape index (κ2) is 5.32. The van der Waals surface area contributed by atoms with Crippen LogP contribution in [-0.2, 0) is 0 Å². The third-order valence-corrected chi connectivity index (χ3v) is 3.28. The Morgan fingerprint density at radius 2 is 1.79 bits per heavy atom. The van der Waals surface area contributed by atoms with Crippen LogP contribution in [0.3, 0.4) is 0 Å². The van der Waals surface area contributed by atoms with E-state index in [4.69, 9.17) is 0 Å². The van der Waals surface area contributed by atoms with E-state index in [9.17, 15) is 14.9 Å². The van der Waals surface area contributed by atoms with E-state index in [-0.39, 0.29) is 11.5 Å². The van der Waals surface area contributed by atoms with E-state index in [2.05, 4.69) is 15.9 Å². The first-order valence-electron chi connectivity index (χ1n) is 5.54. The second-order valence-electron chi connectivity index (χ2n) is 4.05. The molecule has 0 bridgehead atoms. The molecule has 5 heteroatoms.